The molecule has 0 aliphatic carbocycles. The van der Waals surface area contributed by atoms with Gasteiger partial charge in [-0.15, -0.1) is 0 Å². The third-order valence-electron chi connectivity index (χ3n) is 4.02. The molecule has 18 heavy (non-hydrogen) atoms. The third-order valence-corrected chi connectivity index (χ3v) is 5.10. The summed E-state index contributed by atoms with van der Waals surface area (Å²) < 4.78 is 0. The van der Waals surface area contributed by atoms with Crippen LogP contribution in [0.25, 0.3) is 0 Å². The summed E-state index contributed by atoms with van der Waals surface area (Å²) in [7, 11) is 0. The molecule has 1 aromatic heterocycles. The Kier molecular flexibility index (Phi) is 3.35. The van der Waals surface area contributed by atoms with Crippen LogP contribution in [0, 0.1) is 0 Å². The summed E-state index contributed by atoms with van der Waals surface area (Å²) in [6, 6.07) is 0.701. The first kappa shape index (κ1) is 12.1. The van der Waals surface area contributed by atoms with Crippen LogP contribution in [-0.4, -0.2) is 48.4 Å². The molecule has 2 aliphatic heterocycles. The van der Waals surface area contributed by atoms with E-state index in [4.69, 9.17) is 0 Å². The van der Waals surface area contributed by atoms with Crippen molar-refractivity contribution in [3.05, 3.63) is 10.6 Å². The number of aldehydes is 1. The highest BCUT2D eigenvalue weighted by atomic mass is 32.1. The maximum absolute atomic E-state index is 11.0. The number of aromatic nitrogens is 1. The number of anilines is 1. The van der Waals surface area contributed by atoms with Crippen LogP contribution in [0.1, 0.15) is 35.1 Å². The predicted molar refractivity (Wildman–Crippen MR) is 73.7 cm³/mol. The second-order valence-electron chi connectivity index (χ2n) is 5.06. The van der Waals surface area contributed by atoms with Crippen molar-refractivity contribution >= 4 is 22.8 Å². The Labute approximate surface area is 112 Å². The number of piperazine rings is 1. The first-order valence-electron chi connectivity index (χ1n) is 6.75. The molecule has 0 saturated carbocycles. The second kappa shape index (κ2) is 4.97. The Morgan fingerprint density at radius 3 is 3.06 bits per heavy atom. The van der Waals surface area contributed by atoms with Gasteiger partial charge in [-0.05, 0) is 25.8 Å². The van der Waals surface area contributed by atoms with E-state index in [2.05, 4.69) is 21.7 Å². The molecule has 2 aliphatic rings. The molecule has 0 bridgehead atoms. The summed E-state index contributed by atoms with van der Waals surface area (Å²) in [6.07, 6.45) is 4.43. The first-order chi connectivity index (χ1) is 8.81. The molecule has 3 rings (SSSR count). The average Bonchev–Trinajstić information content (AvgIpc) is 3.03. The number of fused-ring (bicyclic) bond motifs is 1. The van der Waals surface area contributed by atoms with E-state index >= 15 is 0 Å². The van der Waals surface area contributed by atoms with E-state index in [9.17, 15) is 4.79 Å². The Hall–Kier alpha value is -0.940. The topological polar surface area (TPSA) is 36.4 Å². The van der Waals surface area contributed by atoms with Crippen LogP contribution >= 0.6 is 11.3 Å². The highest BCUT2D eigenvalue weighted by molar-refractivity contribution is 7.17. The van der Waals surface area contributed by atoms with E-state index in [1.165, 1.54) is 19.4 Å². The predicted octanol–water partition coefficient (Wildman–Crippen LogP) is 1.80. The molecule has 5 heteroatoms. The Bertz CT molecular complexity index is 445. The van der Waals surface area contributed by atoms with E-state index in [1.807, 2.05) is 0 Å². The molecule has 0 spiro atoms. The van der Waals surface area contributed by atoms with Crippen LogP contribution in [0.5, 0.6) is 0 Å². The lowest BCUT2D eigenvalue weighted by Crippen LogP contribution is -2.50. The molecular weight excluding hydrogens is 246 g/mol. The number of aryl methyl sites for hydroxylation is 1. The van der Waals surface area contributed by atoms with E-state index in [1.54, 1.807) is 11.3 Å². The smallest absolute Gasteiger partial charge is 0.186 e. The maximum Gasteiger partial charge on any atom is 0.186 e. The fourth-order valence-electron chi connectivity index (χ4n) is 3.00. The van der Waals surface area contributed by atoms with Gasteiger partial charge in [0.25, 0.3) is 0 Å². The number of nitrogens with zero attached hydrogens (tertiary/aromatic N) is 3. The van der Waals surface area contributed by atoms with Gasteiger partial charge in [0.05, 0.1) is 10.6 Å². The normalized spacial score (nSPS) is 24.3. The van der Waals surface area contributed by atoms with Crippen LogP contribution in [0.4, 0.5) is 5.13 Å². The minimum absolute atomic E-state index is 0.701. The lowest BCUT2D eigenvalue weighted by Gasteiger charge is -2.37. The van der Waals surface area contributed by atoms with Gasteiger partial charge in [-0.2, -0.15) is 0 Å². The Morgan fingerprint density at radius 2 is 2.33 bits per heavy atom. The minimum atomic E-state index is 0.701. The first-order valence-corrected chi connectivity index (χ1v) is 7.57. The largest absolute Gasteiger partial charge is 0.345 e. The number of carbonyl (C=O) groups excluding carboxylic acids is 1. The molecule has 4 nitrogen and oxygen atoms in total. The van der Waals surface area contributed by atoms with Crippen LogP contribution in [-0.2, 0) is 6.42 Å². The fraction of sp³-hybridized carbons (Fsp3) is 0.692. The summed E-state index contributed by atoms with van der Waals surface area (Å²) in [4.78, 5) is 21.4. The minimum Gasteiger partial charge on any atom is -0.345 e. The van der Waals surface area contributed by atoms with Crippen molar-refractivity contribution in [1.29, 1.82) is 0 Å². The summed E-state index contributed by atoms with van der Waals surface area (Å²) in [5.41, 5.74) is 0.957. The van der Waals surface area contributed by atoms with E-state index in [0.29, 0.717) is 6.04 Å². The molecule has 1 aromatic rings. The third kappa shape index (κ3) is 2.06. The fourth-order valence-corrected chi connectivity index (χ4v) is 4.00. The van der Waals surface area contributed by atoms with Gasteiger partial charge in [0.15, 0.2) is 11.4 Å². The number of rotatable bonds is 3. The van der Waals surface area contributed by atoms with E-state index < -0.39 is 0 Å². The van der Waals surface area contributed by atoms with Gasteiger partial charge in [-0.3, -0.25) is 9.69 Å². The molecule has 0 radical (unpaired) electrons. The number of hydrogen-bond acceptors (Lipinski definition) is 5. The molecular formula is C13H19N3OS. The van der Waals surface area contributed by atoms with Gasteiger partial charge in [0, 0.05) is 25.7 Å². The monoisotopic (exact) mass is 265 g/mol. The van der Waals surface area contributed by atoms with Crippen molar-refractivity contribution < 1.29 is 4.79 Å². The van der Waals surface area contributed by atoms with Gasteiger partial charge in [0.1, 0.15) is 0 Å². The van der Waals surface area contributed by atoms with Crippen molar-refractivity contribution in [2.24, 2.45) is 0 Å². The van der Waals surface area contributed by atoms with Gasteiger partial charge in [-0.1, -0.05) is 18.3 Å². The standard InChI is InChI=1S/C13H19N3OS/c1-2-11-12(9-17)18-13(14-11)16-7-6-15-5-3-4-10(15)8-16/h9-10H,2-8H2,1H3. The van der Waals surface area contributed by atoms with Crippen LogP contribution in [0.15, 0.2) is 0 Å². The van der Waals surface area contributed by atoms with Gasteiger partial charge >= 0.3 is 0 Å². The lowest BCUT2D eigenvalue weighted by molar-refractivity contribution is 0.112. The molecule has 1 atom stereocenters. The summed E-state index contributed by atoms with van der Waals surface area (Å²) in [5, 5.41) is 1.04. The van der Waals surface area contributed by atoms with Crippen molar-refractivity contribution in [3.8, 4) is 0 Å². The van der Waals surface area contributed by atoms with E-state index in [0.717, 1.165) is 48.0 Å². The lowest BCUT2D eigenvalue weighted by atomic mass is 10.2. The Morgan fingerprint density at radius 1 is 1.44 bits per heavy atom. The van der Waals surface area contributed by atoms with Crippen LogP contribution < -0.4 is 4.90 Å². The molecule has 2 saturated heterocycles. The molecule has 3 heterocycles. The summed E-state index contributed by atoms with van der Waals surface area (Å²) in [6.45, 7) is 6.58. The molecule has 0 aromatic carbocycles. The van der Waals surface area contributed by atoms with Crippen molar-refractivity contribution in [2.45, 2.75) is 32.2 Å². The van der Waals surface area contributed by atoms with Crippen molar-refractivity contribution in [3.63, 3.8) is 0 Å². The number of hydrogen-bond donors (Lipinski definition) is 0. The van der Waals surface area contributed by atoms with Crippen LogP contribution in [0.3, 0.4) is 0 Å². The highest BCUT2D eigenvalue weighted by Crippen LogP contribution is 2.29. The SMILES string of the molecule is CCc1nc(N2CCN3CCCC3C2)sc1C=O. The molecule has 98 valence electrons. The van der Waals surface area contributed by atoms with Crippen molar-refractivity contribution in [2.75, 3.05) is 31.1 Å². The molecule has 0 amide bonds. The molecule has 0 N–H and O–H groups in total. The second-order valence-corrected chi connectivity index (χ2v) is 6.07. The van der Waals surface area contributed by atoms with Gasteiger partial charge in [0.2, 0.25) is 0 Å². The van der Waals surface area contributed by atoms with Gasteiger partial charge in [-0.25, -0.2) is 4.98 Å². The zero-order valence-corrected chi connectivity index (χ0v) is 11.6. The number of carbonyl (C=O) groups is 1. The number of thiazole rings is 1. The zero-order chi connectivity index (χ0) is 12.5. The Balaban J connectivity index is 1.78. The average molecular weight is 265 g/mol. The molecule has 2 fully saturated rings. The van der Waals surface area contributed by atoms with Crippen molar-refractivity contribution in [1.82, 2.24) is 9.88 Å². The van der Waals surface area contributed by atoms with Gasteiger partial charge < -0.3 is 4.90 Å². The summed E-state index contributed by atoms with van der Waals surface area (Å²) in [5.74, 6) is 0. The van der Waals surface area contributed by atoms with Crippen LogP contribution in [0.2, 0.25) is 0 Å². The zero-order valence-electron chi connectivity index (χ0n) is 10.8. The summed E-state index contributed by atoms with van der Waals surface area (Å²) >= 11 is 1.55. The highest BCUT2D eigenvalue weighted by Gasteiger charge is 2.31. The van der Waals surface area contributed by atoms with E-state index in [-0.39, 0.29) is 0 Å². The quantitative estimate of drug-likeness (QED) is 0.781. The molecule has 1 unspecified atom stereocenters. The maximum atomic E-state index is 11.0.